The molecular formula is C29H32FN3O6S. The fraction of sp³-hybridized carbons (Fsp3) is 0.414. The van der Waals surface area contributed by atoms with Crippen molar-refractivity contribution in [2.75, 3.05) is 34.0 Å². The molecule has 9 nitrogen and oxygen atoms in total. The Bertz CT molecular complexity index is 1570. The maximum atomic E-state index is 15.5. The second-order valence-electron chi connectivity index (χ2n) is 10.6. The normalized spacial score (nSPS) is 15.7. The molecular weight excluding hydrogens is 537 g/mol. The molecule has 0 saturated carbocycles. The number of benzene rings is 2. The zero-order chi connectivity index (χ0) is 28.6. The first-order valence-corrected chi connectivity index (χ1v) is 13.9. The average molecular weight is 570 g/mol. The minimum absolute atomic E-state index is 0.242. The Morgan fingerprint density at radius 1 is 1.15 bits per heavy atom. The summed E-state index contributed by atoms with van der Waals surface area (Å²) in [4.78, 5) is 32.1. The summed E-state index contributed by atoms with van der Waals surface area (Å²) >= 11 is 1.38. The van der Waals surface area contributed by atoms with Gasteiger partial charge in [-0.25, -0.2) is 19.0 Å². The maximum absolute atomic E-state index is 15.5. The highest BCUT2D eigenvalue weighted by molar-refractivity contribution is 7.23. The van der Waals surface area contributed by atoms with Crippen LogP contribution in [-0.4, -0.2) is 65.9 Å². The van der Waals surface area contributed by atoms with Crippen LogP contribution >= 0.6 is 11.3 Å². The predicted octanol–water partition coefficient (Wildman–Crippen LogP) is 6.24. The third kappa shape index (κ3) is 5.48. The van der Waals surface area contributed by atoms with Gasteiger partial charge in [-0.1, -0.05) is 17.4 Å². The summed E-state index contributed by atoms with van der Waals surface area (Å²) in [5.41, 5.74) is 2.04. The number of hydrogen-bond acceptors (Lipinski definition) is 8. The number of amides is 1. The van der Waals surface area contributed by atoms with Crippen LogP contribution in [0.5, 0.6) is 5.75 Å². The fourth-order valence-electron chi connectivity index (χ4n) is 4.88. The Hall–Kier alpha value is -3.70. The van der Waals surface area contributed by atoms with Crippen molar-refractivity contribution in [2.24, 2.45) is 0 Å². The molecule has 1 atom stereocenters. The van der Waals surface area contributed by atoms with Gasteiger partial charge in [0.05, 0.1) is 35.7 Å². The number of likely N-dealkylation sites (tertiary alicyclic amines) is 1. The molecule has 0 radical (unpaired) electrons. The third-order valence-electron chi connectivity index (χ3n) is 6.68. The van der Waals surface area contributed by atoms with E-state index >= 15 is 4.39 Å². The molecule has 2 aromatic heterocycles. The van der Waals surface area contributed by atoms with Crippen LogP contribution in [0.3, 0.4) is 0 Å². The summed E-state index contributed by atoms with van der Waals surface area (Å²) in [6.45, 7) is 6.68. The van der Waals surface area contributed by atoms with E-state index in [1.807, 2.05) is 31.2 Å². The van der Waals surface area contributed by atoms with E-state index in [1.54, 1.807) is 36.4 Å². The van der Waals surface area contributed by atoms with E-state index in [4.69, 9.17) is 18.9 Å². The lowest BCUT2D eigenvalue weighted by molar-refractivity contribution is 0.0224. The Labute approximate surface area is 235 Å². The van der Waals surface area contributed by atoms with Crippen molar-refractivity contribution in [3.63, 3.8) is 0 Å². The summed E-state index contributed by atoms with van der Waals surface area (Å²) in [5, 5.41) is 0. The summed E-state index contributed by atoms with van der Waals surface area (Å²) in [7, 11) is 2.89. The van der Waals surface area contributed by atoms with Gasteiger partial charge < -0.3 is 23.8 Å². The first-order chi connectivity index (χ1) is 19.1. The van der Waals surface area contributed by atoms with Crippen molar-refractivity contribution < 1.29 is 32.9 Å². The van der Waals surface area contributed by atoms with Gasteiger partial charge in [0.2, 0.25) is 0 Å². The summed E-state index contributed by atoms with van der Waals surface area (Å²) in [6, 6.07) is 8.28. The van der Waals surface area contributed by atoms with Crippen molar-refractivity contribution >= 4 is 38.6 Å². The first kappa shape index (κ1) is 27.9. The quantitative estimate of drug-likeness (QED) is 0.192. The van der Waals surface area contributed by atoms with E-state index < -0.39 is 17.4 Å². The lowest BCUT2D eigenvalue weighted by atomic mass is 10.0. The standard InChI is InChI=1S/C29H32FN3O6S/c1-29(2,3)39-28(35)32-10-6-7-22(32)17-8-9-18(20(30)13-17)21-16-33-23-15-24(38-12-11-36-4)19(26(34)37-5)14-25(23)40-27(33)31-21/h8-9,13-16,22H,6-7,10-12H2,1-5H3. The van der Waals surface area contributed by atoms with Gasteiger partial charge in [-0.05, 0) is 57.4 Å². The number of esters is 1. The first-order valence-electron chi connectivity index (χ1n) is 13.0. The smallest absolute Gasteiger partial charge is 0.410 e. The van der Waals surface area contributed by atoms with Gasteiger partial charge in [-0.2, -0.15) is 0 Å². The number of aromatic nitrogens is 2. The van der Waals surface area contributed by atoms with Gasteiger partial charge >= 0.3 is 12.1 Å². The van der Waals surface area contributed by atoms with Crippen molar-refractivity contribution in [3.05, 3.63) is 53.5 Å². The monoisotopic (exact) mass is 569 g/mol. The van der Waals surface area contributed by atoms with Crippen molar-refractivity contribution in [1.82, 2.24) is 14.3 Å². The third-order valence-corrected chi connectivity index (χ3v) is 7.70. The number of carbonyl (C=O) groups is 2. The molecule has 1 unspecified atom stereocenters. The van der Waals surface area contributed by atoms with Crippen LogP contribution in [0.4, 0.5) is 9.18 Å². The Morgan fingerprint density at radius 3 is 2.65 bits per heavy atom. The highest BCUT2D eigenvalue weighted by Crippen LogP contribution is 2.37. The number of imidazole rings is 1. The number of thiazole rings is 1. The zero-order valence-electron chi connectivity index (χ0n) is 23.2. The highest BCUT2D eigenvalue weighted by atomic mass is 32.1. The molecule has 0 bridgehead atoms. The lowest BCUT2D eigenvalue weighted by Gasteiger charge is -2.29. The minimum Gasteiger partial charge on any atom is -0.490 e. The predicted molar refractivity (Wildman–Crippen MR) is 150 cm³/mol. The minimum atomic E-state index is -0.602. The van der Waals surface area contributed by atoms with E-state index in [-0.39, 0.29) is 18.7 Å². The summed E-state index contributed by atoms with van der Waals surface area (Å²) in [6.07, 6.45) is 2.95. The van der Waals surface area contributed by atoms with Crippen LogP contribution in [0.15, 0.2) is 36.5 Å². The highest BCUT2D eigenvalue weighted by Gasteiger charge is 2.33. The SMILES string of the molecule is COCCOc1cc2c(cc1C(=O)OC)sc1nc(-c3ccc(C4CCCN4C(=O)OC(C)(C)C)cc3F)cn12. The van der Waals surface area contributed by atoms with Gasteiger partial charge in [-0.15, -0.1) is 0 Å². The fourth-order valence-corrected chi connectivity index (χ4v) is 5.91. The molecule has 0 aliphatic carbocycles. The molecule has 4 aromatic rings. The van der Waals surface area contributed by atoms with Crippen LogP contribution in [0.1, 0.15) is 55.6 Å². The van der Waals surface area contributed by atoms with E-state index in [1.165, 1.54) is 24.5 Å². The number of rotatable bonds is 7. The summed E-state index contributed by atoms with van der Waals surface area (Å²) < 4.78 is 39.5. The number of nitrogens with zero attached hydrogens (tertiary/aromatic N) is 3. The van der Waals surface area contributed by atoms with Gasteiger partial charge in [0.25, 0.3) is 0 Å². The van der Waals surface area contributed by atoms with Gasteiger partial charge in [0.15, 0.2) is 4.96 Å². The van der Waals surface area contributed by atoms with E-state index in [0.29, 0.717) is 40.7 Å². The molecule has 0 spiro atoms. The van der Waals surface area contributed by atoms with Crippen LogP contribution in [0, 0.1) is 5.82 Å². The molecule has 1 saturated heterocycles. The second-order valence-corrected chi connectivity index (χ2v) is 11.6. The van der Waals surface area contributed by atoms with Crippen molar-refractivity contribution in [2.45, 2.75) is 45.3 Å². The molecule has 40 heavy (non-hydrogen) atoms. The Balaban J connectivity index is 1.46. The molecule has 0 N–H and O–H groups in total. The number of fused-ring (bicyclic) bond motifs is 3. The Morgan fingerprint density at radius 2 is 1.95 bits per heavy atom. The van der Waals surface area contributed by atoms with E-state index in [9.17, 15) is 9.59 Å². The van der Waals surface area contributed by atoms with Crippen LogP contribution < -0.4 is 4.74 Å². The second kappa shape index (κ2) is 11.1. The van der Waals surface area contributed by atoms with Crippen LogP contribution in [0.25, 0.3) is 26.4 Å². The van der Waals surface area contributed by atoms with Gasteiger partial charge in [-0.3, -0.25) is 4.40 Å². The van der Waals surface area contributed by atoms with Crippen molar-refractivity contribution in [1.29, 1.82) is 0 Å². The van der Waals surface area contributed by atoms with Gasteiger partial charge in [0, 0.05) is 31.5 Å². The molecule has 1 fully saturated rings. The zero-order valence-corrected chi connectivity index (χ0v) is 24.0. The number of carbonyl (C=O) groups excluding carboxylic acids is 2. The Kier molecular flexibility index (Phi) is 7.70. The number of ether oxygens (including phenoxy) is 4. The maximum Gasteiger partial charge on any atom is 0.410 e. The van der Waals surface area contributed by atoms with Crippen LogP contribution in [0.2, 0.25) is 0 Å². The molecule has 212 valence electrons. The molecule has 11 heteroatoms. The molecule has 3 heterocycles. The van der Waals surface area contributed by atoms with E-state index in [2.05, 4.69) is 4.98 Å². The molecule has 1 amide bonds. The molecule has 1 aliphatic heterocycles. The molecule has 2 aromatic carbocycles. The van der Waals surface area contributed by atoms with E-state index in [0.717, 1.165) is 28.6 Å². The number of hydrogen-bond donors (Lipinski definition) is 0. The molecule has 1 aliphatic rings. The topological polar surface area (TPSA) is 91.6 Å². The lowest BCUT2D eigenvalue weighted by Crippen LogP contribution is -2.36. The number of methoxy groups -OCH3 is 2. The van der Waals surface area contributed by atoms with Gasteiger partial charge in [0.1, 0.15) is 29.3 Å². The molecule has 5 rings (SSSR count). The largest absolute Gasteiger partial charge is 0.490 e. The average Bonchev–Trinajstić information content (AvgIpc) is 3.62. The number of halogens is 1. The van der Waals surface area contributed by atoms with Crippen LogP contribution in [-0.2, 0) is 14.2 Å². The summed E-state index contributed by atoms with van der Waals surface area (Å²) in [5.74, 6) is -0.552. The van der Waals surface area contributed by atoms with Crippen molar-refractivity contribution in [3.8, 4) is 17.0 Å².